The van der Waals surface area contributed by atoms with E-state index < -0.39 is 24.2 Å². The van der Waals surface area contributed by atoms with Crippen molar-refractivity contribution in [2.75, 3.05) is 10.6 Å². The molecule has 0 unspecified atom stereocenters. The summed E-state index contributed by atoms with van der Waals surface area (Å²) in [6, 6.07) is 9.84. The summed E-state index contributed by atoms with van der Waals surface area (Å²) < 4.78 is 78.3. The second-order valence-corrected chi connectivity index (χ2v) is 5.05. The van der Waals surface area contributed by atoms with Gasteiger partial charge in [-0.1, -0.05) is 0 Å². The predicted octanol–water partition coefficient (Wildman–Crippen LogP) is 4.48. The highest BCUT2D eigenvalue weighted by Gasteiger charge is 2.39. The Morgan fingerprint density at radius 1 is 0.630 bits per heavy atom. The fraction of sp³-hybridized carbons (Fsp3) is 0.125. The molecule has 2 rings (SSSR count). The number of halogens is 6. The Labute approximate surface area is 147 Å². The van der Waals surface area contributed by atoms with E-state index in [4.69, 9.17) is 4.74 Å². The van der Waals surface area contributed by atoms with E-state index >= 15 is 0 Å². The number of benzene rings is 2. The fourth-order valence-electron chi connectivity index (χ4n) is 1.75. The van der Waals surface area contributed by atoms with Crippen LogP contribution in [0.25, 0.3) is 0 Å². The van der Waals surface area contributed by atoms with Crippen molar-refractivity contribution < 1.29 is 40.7 Å². The molecule has 0 bridgehead atoms. The van der Waals surface area contributed by atoms with Gasteiger partial charge in [0, 0.05) is 11.4 Å². The average molecular weight is 392 g/mol. The summed E-state index contributed by atoms with van der Waals surface area (Å²) in [5, 5.41) is 3.32. The van der Waals surface area contributed by atoms with E-state index in [1.165, 1.54) is 48.5 Å². The largest absolute Gasteiger partial charge is 0.471 e. The van der Waals surface area contributed by atoms with Gasteiger partial charge in [-0.05, 0) is 48.5 Å². The van der Waals surface area contributed by atoms with E-state index in [0.29, 0.717) is 0 Å². The first-order valence-corrected chi connectivity index (χ1v) is 7.09. The maximum atomic E-state index is 12.2. The Morgan fingerprint density at radius 2 is 0.926 bits per heavy atom. The van der Waals surface area contributed by atoms with E-state index in [0.717, 1.165) is 0 Å². The van der Waals surface area contributed by atoms with Crippen molar-refractivity contribution in [3.8, 4) is 11.5 Å². The third-order valence-electron chi connectivity index (χ3n) is 2.98. The van der Waals surface area contributed by atoms with Crippen molar-refractivity contribution >= 4 is 23.2 Å². The zero-order valence-corrected chi connectivity index (χ0v) is 13.1. The first-order chi connectivity index (χ1) is 12.4. The molecule has 2 aromatic carbocycles. The summed E-state index contributed by atoms with van der Waals surface area (Å²) in [4.78, 5) is 21.6. The molecule has 0 radical (unpaired) electrons. The van der Waals surface area contributed by atoms with Crippen LogP contribution in [-0.4, -0.2) is 24.2 Å². The lowest BCUT2D eigenvalue weighted by Gasteiger charge is -2.10. The minimum absolute atomic E-state index is 0.102. The van der Waals surface area contributed by atoms with Crippen LogP contribution in [-0.2, 0) is 9.59 Å². The molecule has 27 heavy (non-hydrogen) atoms. The zero-order valence-electron chi connectivity index (χ0n) is 13.1. The minimum atomic E-state index is -5.02. The van der Waals surface area contributed by atoms with Gasteiger partial charge in [0.15, 0.2) is 0 Å². The molecule has 5 nitrogen and oxygen atoms in total. The van der Waals surface area contributed by atoms with Gasteiger partial charge in [-0.3, -0.25) is 9.59 Å². The fourth-order valence-corrected chi connectivity index (χ4v) is 1.75. The van der Waals surface area contributed by atoms with Gasteiger partial charge in [-0.2, -0.15) is 26.3 Å². The van der Waals surface area contributed by atoms with Gasteiger partial charge >= 0.3 is 24.2 Å². The zero-order chi connectivity index (χ0) is 20.2. The summed E-state index contributed by atoms with van der Waals surface area (Å²) in [5.74, 6) is -3.83. The standard InChI is InChI=1S/C16H10F6N2O3/c17-15(18,19)13(25)23-9-1-5-11(6-2-9)27-12-7-3-10(4-8-12)24-14(26)16(20,21)22/h1-8H,(H,23,25)(H,24,26). The van der Waals surface area contributed by atoms with Gasteiger partial charge in [0.25, 0.3) is 0 Å². The molecule has 0 saturated carbocycles. The van der Waals surface area contributed by atoms with E-state index in [-0.39, 0.29) is 22.9 Å². The van der Waals surface area contributed by atoms with Crippen LogP contribution in [0.3, 0.4) is 0 Å². The van der Waals surface area contributed by atoms with Crippen LogP contribution in [0.15, 0.2) is 48.5 Å². The van der Waals surface area contributed by atoms with Crippen LogP contribution in [0, 0.1) is 0 Å². The Morgan fingerprint density at radius 3 is 1.19 bits per heavy atom. The molecule has 0 fully saturated rings. The summed E-state index contributed by atoms with van der Waals surface area (Å²) in [6.07, 6.45) is -10.0. The molecular formula is C16H10F6N2O3. The number of hydrogen-bond donors (Lipinski definition) is 2. The van der Waals surface area contributed by atoms with Gasteiger partial charge in [-0.15, -0.1) is 0 Å². The van der Waals surface area contributed by atoms with Crippen molar-refractivity contribution in [2.24, 2.45) is 0 Å². The SMILES string of the molecule is O=C(Nc1ccc(Oc2ccc(NC(=O)C(F)(F)F)cc2)cc1)C(F)(F)F. The molecule has 2 amide bonds. The van der Waals surface area contributed by atoms with Crippen LogP contribution in [0.5, 0.6) is 11.5 Å². The molecule has 0 aliphatic rings. The van der Waals surface area contributed by atoms with Gasteiger partial charge in [-0.25, -0.2) is 0 Å². The van der Waals surface area contributed by atoms with Crippen LogP contribution in [0.4, 0.5) is 37.7 Å². The van der Waals surface area contributed by atoms with Crippen LogP contribution < -0.4 is 15.4 Å². The Kier molecular flexibility index (Phi) is 5.62. The molecule has 144 valence electrons. The van der Waals surface area contributed by atoms with E-state index in [9.17, 15) is 35.9 Å². The molecule has 0 spiro atoms. The summed E-state index contributed by atoms with van der Waals surface area (Å²) in [7, 11) is 0. The summed E-state index contributed by atoms with van der Waals surface area (Å²) in [5.41, 5.74) is -0.204. The number of amides is 2. The molecule has 11 heteroatoms. The van der Waals surface area contributed by atoms with Crippen LogP contribution >= 0.6 is 0 Å². The normalized spacial score (nSPS) is 11.6. The maximum Gasteiger partial charge on any atom is 0.471 e. The molecule has 0 aliphatic carbocycles. The van der Waals surface area contributed by atoms with E-state index in [2.05, 4.69) is 0 Å². The van der Waals surface area contributed by atoms with Crippen molar-refractivity contribution in [2.45, 2.75) is 12.4 Å². The van der Waals surface area contributed by atoms with Crippen molar-refractivity contribution in [1.82, 2.24) is 0 Å². The number of carbonyl (C=O) groups is 2. The minimum Gasteiger partial charge on any atom is -0.457 e. The first kappa shape index (κ1) is 20.1. The van der Waals surface area contributed by atoms with Crippen molar-refractivity contribution in [1.29, 1.82) is 0 Å². The first-order valence-electron chi connectivity index (χ1n) is 7.09. The predicted molar refractivity (Wildman–Crippen MR) is 82.3 cm³/mol. The van der Waals surface area contributed by atoms with Crippen molar-refractivity contribution in [3.63, 3.8) is 0 Å². The number of ether oxygens (including phenoxy) is 1. The number of hydrogen-bond acceptors (Lipinski definition) is 3. The second-order valence-electron chi connectivity index (χ2n) is 5.05. The molecule has 0 heterocycles. The monoisotopic (exact) mass is 392 g/mol. The molecule has 0 aromatic heterocycles. The Balaban J connectivity index is 1.97. The van der Waals surface area contributed by atoms with E-state index in [1.54, 1.807) is 10.6 Å². The van der Waals surface area contributed by atoms with Crippen LogP contribution in [0.2, 0.25) is 0 Å². The third-order valence-corrected chi connectivity index (χ3v) is 2.98. The highest BCUT2D eigenvalue weighted by atomic mass is 19.4. The number of anilines is 2. The van der Waals surface area contributed by atoms with Crippen LogP contribution in [0.1, 0.15) is 0 Å². The number of alkyl halides is 6. The molecule has 0 aliphatic heterocycles. The average Bonchev–Trinajstić information content (AvgIpc) is 2.56. The van der Waals surface area contributed by atoms with Gasteiger partial charge in [0.2, 0.25) is 0 Å². The highest BCUT2D eigenvalue weighted by Crippen LogP contribution is 2.26. The van der Waals surface area contributed by atoms with Crippen molar-refractivity contribution in [3.05, 3.63) is 48.5 Å². The Bertz CT molecular complexity index is 745. The molecule has 2 N–H and O–H groups in total. The Hall–Kier alpha value is -3.24. The lowest BCUT2D eigenvalue weighted by molar-refractivity contribution is -0.167. The summed E-state index contributed by atoms with van der Waals surface area (Å²) >= 11 is 0. The van der Waals surface area contributed by atoms with Gasteiger partial charge < -0.3 is 15.4 Å². The molecular weight excluding hydrogens is 382 g/mol. The quantitative estimate of drug-likeness (QED) is 0.754. The molecule has 2 aromatic rings. The number of nitrogens with one attached hydrogen (secondary N) is 2. The summed E-state index contributed by atoms with van der Waals surface area (Å²) in [6.45, 7) is 0. The smallest absolute Gasteiger partial charge is 0.457 e. The topological polar surface area (TPSA) is 67.4 Å². The number of rotatable bonds is 4. The lowest BCUT2D eigenvalue weighted by Crippen LogP contribution is -2.29. The molecule has 0 saturated heterocycles. The molecule has 0 atom stereocenters. The number of carbonyl (C=O) groups excluding carboxylic acids is 2. The lowest BCUT2D eigenvalue weighted by atomic mass is 10.2. The second kappa shape index (κ2) is 7.56. The highest BCUT2D eigenvalue weighted by molar-refractivity contribution is 5.95. The third kappa shape index (κ3) is 5.90. The maximum absolute atomic E-state index is 12.2. The van der Waals surface area contributed by atoms with Gasteiger partial charge in [0.05, 0.1) is 0 Å². The van der Waals surface area contributed by atoms with E-state index in [1.807, 2.05) is 0 Å². The van der Waals surface area contributed by atoms with Gasteiger partial charge in [0.1, 0.15) is 11.5 Å².